The predicted octanol–water partition coefficient (Wildman–Crippen LogP) is 4.08. The Morgan fingerprint density at radius 3 is 2.64 bits per heavy atom. The highest BCUT2D eigenvalue weighted by molar-refractivity contribution is 6.03. The van der Waals surface area contributed by atoms with Crippen LogP contribution in [0.3, 0.4) is 0 Å². The molecule has 0 saturated heterocycles. The first-order chi connectivity index (χ1) is 12.3. The largest absolute Gasteiger partial charge is 0.370 e. The zero-order valence-electron chi connectivity index (χ0n) is 14.1. The lowest BCUT2D eigenvalue weighted by Crippen LogP contribution is -2.14. The van der Waals surface area contributed by atoms with Crippen molar-refractivity contribution in [2.45, 2.75) is 19.8 Å². The molecule has 0 unspecified atom stereocenters. The zero-order valence-corrected chi connectivity index (χ0v) is 14.1. The van der Waals surface area contributed by atoms with E-state index in [-0.39, 0.29) is 11.8 Å². The molecule has 1 aromatic carbocycles. The van der Waals surface area contributed by atoms with Gasteiger partial charge in [0.15, 0.2) is 0 Å². The zero-order chi connectivity index (χ0) is 17.2. The van der Waals surface area contributed by atoms with E-state index >= 15 is 0 Å². The Morgan fingerprint density at radius 2 is 1.92 bits per heavy atom. The molecule has 5 nitrogen and oxygen atoms in total. The minimum atomic E-state index is 0.0640. The third kappa shape index (κ3) is 3.18. The van der Waals surface area contributed by atoms with Crippen LogP contribution in [0.4, 0.5) is 11.6 Å². The van der Waals surface area contributed by atoms with Gasteiger partial charge >= 0.3 is 0 Å². The fourth-order valence-electron chi connectivity index (χ4n) is 2.93. The van der Waals surface area contributed by atoms with E-state index in [1.807, 2.05) is 37.4 Å². The molecule has 2 heterocycles. The van der Waals surface area contributed by atoms with Gasteiger partial charge in [-0.25, -0.2) is 9.97 Å². The van der Waals surface area contributed by atoms with Crippen LogP contribution in [0.2, 0.25) is 0 Å². The molecule has 0 atom stereocenters. The van der Waals surface area contributed by atoms with Crippen LogP contribution in [-0.4, -0.2) is 22.4 Å². The van der Waals surface area contributed by atoms with Crippen LogP contribution in [0.15, 0.2) is 48.8 Å². The van der Waals surface area contributed by atoms with Crippen LogP contribution in [0.25, 0.3) is 21.9 Å². The molecule has 0 bridgehead atoms. The van der Waals surface area contributed by atoms with E-state index in [4.69, 9.17) is 0 Å². The molecule has 3 aromatic rings. The summed E-state index contributed by atoms with van der Waals surface area (Å²) in [5.74, 6) is 1.62. The Balaban J connectivity index is 1.82. The van der Waals surface area contributed by atoms with Crippen molar-refractivity contribution in [2.75, 3.05) is 17.2 Å². The number of nitrogens with zero attached hydrogens (tertiary/aromatic N) is 2. The first-order valence-corrected chi connectivity index (χ1v) is 8.65. The van der Waals surface area contributed by atoms with E-state index in [1.165, 1.54) is 0 Å². The van der Waals surface area contributed by atoms with E-state index in [0.29, 0.717) is 5.82 Å². The Labute approximate surface area is 146 Å². The topological polar surface area (TPSA) is 66.9 Å². The summed E-state index contributed by atoms with van der Waals surface area (Å²) < 4.78 is 0. The summed E-state index contributed by atoms with van der Waals surface area (Å²) in [5.41, 5.74) is 2.12. The number of amides is 1. The van der Waals surface area contributed by atoms with Gasteiger partial charge in [0, 0.05) is 35.8 Å². The standard InChI is InChI=1S/C20H20N4O/c1-2-21-19-17-12-22-18(24-20(25)14-8-9-14)10-15(17)16(11-23-19)13-6-4-3-5-7-13/h3-7,10-12,14H,2,8-9H2,1H3,(H,21,23)(H,22,24,25). The summed E-state index contributed by atoms with van der Waals surface area (Å²) >= 11 is 0. The lowest BCUT2D eigenvalue weighted by atomic mass is 10.0. The lowest BCUT2D eigenvalue weighted by molar-refractivity contribution is -0.117. The molecule has 126 valence electrons. The third-order valence-corrected chi connectivity index (χ3v) is 4.40. The molecule has 2 aromatic heterocycles. The first kappa shape index (κ1) is 15.6. The van der Waals surface area contributed by atoms with Gasteiger partial charge in [0.25, 0.3) is 0 Å². The van der Waals surface area contributed by atoms with Gasteiger partial charge in [-0.1, -0.05) is 30.3 Å². The maximum absolute atomic E-state index is 12.1. The number of nitrogens with one attached hydrogen (secondary N) is 2. The number of carbonyl (C=O) groups excluding carboxylic acids is 1. The van der Waals surface area contributed by atoms with Gasteiger partial charge in [-0.05, 0) is 36.8 Å². The monoisotopic (exact) mass is 332 g/mol. The Kier molecular flexibility index (Phi) is 4.06. The van der Waals surface area contributed by atoms with Crippen molar-refractivity contribution >= 4 is 28.3 Å². The first-order valence-electron chi connectivity index (χ1n) is 8.65. The normalized spacial score (nSPS) is 13.6. The molecule has 25 heavy (non-hydrogen) atoms. The number of pyridine rings is 2. The quantitative estimate of drug-likeness (QED) is 0.739. The van der Waals surface area contributed by atoms with Crippen molar-refractivity contribution in [1.82, 2.24) is 9.97 Å². The van der Waals surface area contributed by atoms with Crippen molar-refractivity contribution in [2.24, 2.45) is 5.92 Å². The number of hydrogen-bond donors (Lipinski definition) is 2. The van der Waals surface area contributed by atoms with Crippen LogP contribution in [0.1, 0.15) is 19.8 Å². The minimum absolute atomic E-state index is 0.0640. The molecule has 1 aliphatic carbocycles. The highest BCUT2D eigenvalue weighted by Gasteiger charge is 2.29. The van der Waals surface area contributed by atoms with Crippen molar-refractivity contribution in [1.29, 1.82) is 0 Å². The molecule has 1 aliphatic rings. The molecular formula is C20H20N4O. The summed E-state index contributed by atoms with van der Waals surface area (Å²) in [7, 11) is 0. The van der Waals surface area contributed by atoms with Gasteiger partial charge in [-0.2, -0.15) is 0 Å². The van der Waals surface area contributed by atoms with Crippen LogP contribution in [0, 0.1) is 5.92 Å². The molecule has 1 saturated carbocycles. The number of benzene rings is 1. The van der Waals surface area contributed by atoms with Crippen molar-refractivity contribution in [3.63, 3.8) is 0 Å². The number of anilines is 2. The maximum atomic E-state index is 12.1. The van der Waals surface area contributed by atoms with Gasteiger partial charge in [-0.3, -0.25) is 4.79 Å². The highest BCUT2D eigenvalue weighted by atomic mass is 16.2. The van der Waals surface area contributed by atoms with E-state index in [9.17, 15) is 4.79 Å². The third-order valence-electron chi connectivity index (χ3n) is 4.40. The average molecular weight is 332 g/mol. The Morgan fingerprint density at radius 1 is 1.12 bits per heavy atom. The summed E-state index contributed by atoms with van der Waals surface area (Å²) in [6.45, 7) is 2.82. The summed E-state index contributed by atoms with van der Waals surface area (Å²) in [6, 6.07) is 12.1. The predicted molar refractivity (Wildman–Crippen MR) is 100 cm³/mol. The van der Waals surface area contributed by atoms with Crippen molar-refractivity contribution in [3.05, 3.63) is 48.8 Å². The summed E-state index contributed by atoms with van der Waals surface area (Å²) in [4.78, 5) is 21.0. The van der Waals surface area contributed by atoms with Gasteiger partial charge < -0.3 is 10.6 Å². The van der Waals surface area contributed by atoms with Crippen molar-refractivity contribution in [3.8, 4) is 11.1 Å². The van der Waals surface area contributed by atoms with Crippen LogP contribution < -0.4 is 10.6 Å². The fraction of sp³-hybridized carbons (Fsp3) is 0.250. The Bertz CT molecular complexity index is 920. The van der Waals surface area contributed by atoms with Gasteiger partial charge in [0.05, 0.1) is 0 Å². The Hall–Kier alpha value is -2.95. The van der Waals surface area contributed by atoms with E-state index in [2.05, 4.69) is 32.7 Å². The molecular weight excluding hydrogens is 312 g/mol. The number of rotatable bonds is 5. The van der Waals surface area contributed by atoms with Gasteiger partial charge in [0.2, 0.25) is 5.91 Å². The van der Waals surface area contributed by atoms with Crippen LogP contribution in [0.5, 0.6) is 0 Å². The fourth-order valence-corrected chi connectivity index (χ4v) is 2.93. The van der Waals surface area contributed by atoms with Gasteiger partial charge in [0.1, 0.15) is 11.6 Å². The molecule has 0 radical (unpaired) electrons. The van der Waals surface area contributed by atoms with Crippen LogP contribution >= 0.6 is 0 Å². The number of aromatic nitrogens is 2. The van der Waals surface area contributed by atoms with Crippen LogP contribution in [-0.2, 0) is 4.79 Å². The summed E-state index contributed by atoms with van der Waals surface area (Å²) in [6.07, 6.45) is 5.61. The van der Waals surface area contributed by atoms with Gasteiger partial charge in [-0.15, -0.1) is 0 Å². The smallest absolute Gasteiger partial charge is 0.228 e. The molecule has 1 fully saturated rings. The van der Waals surface area contributed by atoms with Crippen molar-refractivity contribution < 1.29 is 4.79 Å². The average Bonchev–Trinajstić information content (AvgIpc) is 3.48. The molecule has 5 heteroatoms. The molecule has 0 aliphatic heterocycles. The second-order valence-corrected chi connectivity index (χ2v) is 6.30. The number of hydrogen-bond acceptors (Lipinski definition) is 4. The molecule has 4 rings (SSSR count). The van der Waals surface area contributed by atoms with E-state index in [0.717, 1.165) is 47.1 Å². The SMILES string of the molecule is CCNc1ncc(-c2ccccc2)c2cc(NC(=O)C3CC3)ncc12. The number of carbonyl (C=O) groups is 1. The van der Waals surface area contributed by atoms with E-state index in [1.54, 1.807) is 6.20 Å². The molecule has 1 amide bonds. The summed E-state index contributed by atoms with van der Waals surface area (Å²) in [5, 5.41) is 8.19. The maximum Gasteiger partial charge on any atom is 0.228 e. The second kappa shape index (κ2) is 6.51. The van der Waals surface area contributed by atoms with E-state index < -0.39 is 0 Å². The highest BCUT2D eigenvalue weighted by Crippen LogP contribution is 2.34. The molecule has 2 N–H and O–H groups in total. The minimum Gasteiger partial charge on any atom is -0.370 e. The second-order valence-electron chi connectivity index (χ2n) is 6.30. The number of fused-ring (bicyclic) bond motifs is 1. The molecule has 0 spiro atoms. The lowest BCUT2D eigenvalue weighted by Gasteiger charge is -2.13.